The van der Waals surface area contributed by atoms with E-state index in [4.69, 9.17) is 25.9 Å². The van der Waals surface area contributed by atoms with E-state index in [1.807, 2.05) is 0 Å². The monoisotopic (exact) mass is 526 g/mol. The standard InChI is InChI=1S/Au.3Na.2H2O3S2.2H2O/c;;;;2*1-5(2,3)4;;/h;;;;2*(H2,1,2,3,4);2*1H2/q4*+1;;;;/p-4. The normalized spacial score (nSPS) is 7.25. The number of hydrogen-bond acceptors (Lipinski definition) is 8. The first-order chi connectivity index (χ1) is 4.00. The van der Waals surface area contributed by atoms with E-state index in [2.05, 4.69) is 23.3 Å². The summed E-state index contributed by atoms with van der Waals surface area (Å²) in [5, 5.41) is 0. The van der Waals surface area contributed by atoms with Crippen LogP contribution in [0.3, 0.4) is 0 Å². The molecule has 90 valence electrons. The molecule has 0 amide bonds. The third kappa shape index (κ3) is 307. The van der Waals surface area contributed by atoms with Gasteiger partial charge in [-0.15, -0.1) is 0 Å². The Morgan fingerprint density at radius 1 is 0.688 bits per heavy atom. The summed E-state index contributed by atoms with van der Waals surface area (Å²) in [5.74, 6) is 0. The van der Waals surface area contributed by atoms with Gasteiger partial charge in [0.15, 0.2) is 0 Å². The summed E-state index contributed by atoms with van der Waals surface area (Å²) in [4.78, 5) is 0. The van der Waals surface area contributed by atoms with Gasteiger partial charge < -0.3 is 43.4 Å². The summed E-state index contributed by atoms with van der Waals surface area (Å²) >= 11 is 6.49. The van der Waals surface area contributed by atoms with E-state index in [0.717, 1.165) is 0 Å². The van der Waals surface area contributed by atoms with Crippen LogP contribution in [0.5, 0.6) is 0 Å². The molecule has 0 saturated carbocycles. The molecule has 0 bridgehead atoms. The van der Waals surface area contributed by atoms with Crippen LogP contribution < -0.4 is 88.7 Å². The van der Waals surface area contributed by atoms with Gasteiger partial charge in [-0.05, 0) is 18.3 Å². The van der Waals surface area contributed by atoms with Gasteiger partial charge in [0.2, 0.25) is 0 Å². The molecule has 0 aliphatic carbocycles. The van der Waals surface area contributed by atoms with E-state index in [1.165, 1.54) is 0 Å². The molecule has 0 unspecified atom stereocenters. The zero-order valence-electron chi connectivity index (χ0n) is 8.38. The minimum Gasteiger partial charge on any atom is -0.768 e. The van der Waals surface area contributed by atoms with Gasteiger partial charge in [-0.1, -0.05) is 0 Å². The SMILES string of the molecule is O.O.O=S(=O)([O-])[S-].O=S(=O)([O-])[S-].[Au+].[Na+].[Na+].[Na+]. The fourth-order valence-corrected chi connectivity index (χ4v) is 0. The Morgan fingerprint density at radius 2 is 0.688 bits per heavy atom. The first-order valence-electron chi connectivity index (χ1n) is 1.33. The summed E-state index contributed by atoms with van der Waals surface area (Å²) in [6.45, 7) is 0. The molecule has 0 saturated heterocycles. The number of hydrogen-bond donors (Lipinski definition) is 0. The zero-order chi connectivity index (χ0) is 9.00. The topological polar surface area (TPSA) is 177 Å². The van der Waals surface area contributed by atoms with E-state index in [9.17, 15) is 0 Å². The van der Waals surface area contributed by atoms with Crippen LogP contribution in [0.25, 0.3) is 0 Å². The predicted octanol–water partition coefficient (Wildman–Crippen LogP) is -12.7. The van der Waals surface area contributed by atoms with Crippen molar-refractivity contribution in [3.63, 3.8) is 0 Å². The first kappa shape index (κ1) is 50.0. The van der Waals surface area contributed by atoms with Crippen molar-refractivity contribution in [2.75, 3.05) is 0 Å². The van der Waals surface area contributed by atoms with Crippen molar-refractivity contribution in [1.82, 2.24) is 0 Å². The van der Waals surface area contributed by atoms with E-state index in [-0.39, 0.29) is 122 Å². The fraction of sp³-hybridized carbons (Fsp3) is 0. The minimum absolute atomic E-state index is 0. The van der Waals surface area contributed by atoms with Crippen molar-refractivity contribution >= 4 is 41.6 Å². The Labute approximate surface area is 186 Å². The van der Waals surface area contributed by atoms with E-state index in [0.29, 0.717) is 0 Å². The predicted molar refractivity (Wildman–Crippen MR) is 41.4 cm³/mol. The van der Waals surface area contributed by atoms with Crippen LogP contribution in [0, 0.1) is 0 Å². The molecular weight excluding hydrogens is 522 g/mol. The molecule has 0 fully saturated rings. The van der Waals surface area contributed by atoms with Crippen LogP contribution >= 0.6 is 0 Å². The molecule has 0 radical (unpaired) electrons. The van der Waals surface area contributed by atoms with Crippen molar-refractivity contribution in [2.45, 2.75) is 0 Å². The van der Waals surface area contributed by atoms with Crippen molar-refractivity contribution in [1.29, 1.82) is 0 Å². The third-order valence-electron chi connectivity index (χ3n) is 0. The molecule has 0 aliphatic heterocycles. The summed E-state index contributed by atoms with van der Waals surface area (Å²) in [7, 11) is -8.67. The Bertz CT molecular complexity index is 224. The molecule has 16 heteroatoms. The fourth-order valence-electron chi connectivity index (χ4n) is 0. The first-order valence-corrected chi connectivity index (χ1v) is 6.00. The van der Waals surface area contributed by atoms with Gasteiger partial charge in [0, 0.05) is 0 Å². The van der Waals surface area contributed by atoms with Crippen LogP contribution in [-0.2, 0) is 64.0 Å². The summed E-state index contributed by atoms with van der Waals surface area (Å²) in [6, 6.07) is 0. The van der Waals surface area contributed by atoms with Crippen LogP contribution in [0.4, 0.5) is 0 Å². The second kappa shape index (κ2) is 24.2. The average Bonchev–Trinajstić information content (AvgIpc) is 1.12. The Hall–Kier alpha value is 4.18. The van der Waals surface area contributed by atoms with Crippen molar-refractivity contribution in [3.8, 4) is 0 Å². The van der Waals surface area contributed by atoms with E-state index in [1.54, 1.807) is 0 Å². The maximum atomic E-state index is 8.89. The molecule has 0 aromatic rings. The Balaban J connectivity index is -0.00000000970. The van der Waals surface area contributed by atoms with Gasteiger partial charge in [-0.2, -0.15) is 0 Å². The molecule has 0 aliphatic rings. The van der Waals surface area contributed by atoms with Crippen molar-refractivity contribution in [3.05, 3.63) is 0 Å². The van der Waals surface area contributed by atoms with Gasteiger partial charge in [0.1, 0.15) is 0 Å². The van der Waals surface area contributed by atoms with E-state index >= 15 is 0 Å². The largest absolute Gasteiger partial charge is 1.00 e. The van der Waals surface area contributed by atoms with Gasteiger partial charge in [0.25, 0.3) is 0 Å². The maximum absolute atomic E-state index is 8.89. The summed E-state index contributed by atoms with van der Waals surface area (Å²) < 4.78 is 53.3. The van der Waals surface area contributed by atoms with Gasteiger partial charge in [-0.3, -0.25) is 16.8 Å². The molecule has 4 N–H and O–H groups in total. The second-order valence-corrected chi connectivity index (χ2v) is 4.90. The molecule has 0 aromatic carbocycles. The third-order valence-corrected chi connectivity index (χ3v) is 0. The minimum atomic E-state index is -4.33. The van der Waals surface area contributed by atoms with Gasteiger partial charge in [0.05, 0.1) is 0 Å². The molecule has 0 heterocycles. The van der Waals surface area contributed by atoms with Gasteiger partial charge >= 0.3 is 111 Å². The molecule has 0 spiro atoms. The zero-order valence-corrected chi connectivity index (χ0v) is 19.8. The smallest absolute Gasteiger partial charge is 0.768 e. The Kier molecular flexibility index (Phi) is 75.7. The molecular formula is H4AuNa3O8S4. The number of rotatable bonds is 0. The Morgan fingerprint density at radius 3 is 0.688 bits per heavy atom. The maximum Gasteiger partial charge on any atom is 1.00 e. The molecule has 0 rings (SSSR count). The molecule has 0 atom stereocenters. The molecule has 8 nitrogen and oxygen atoms in total. The second-order valence-electron chi connectivity index (χ2n) is 0.816. The van der Waals surface area contributed by atoms with Crippen LogP contribution in [-0.4, -0.2) is 36.9 Å². The average molecular weight is 526 g/mol. The van der Waals surface area contributed by atoms with Crippen LogP contribution in [0.1, 0.15) is 0 Å². The summed E-state index contributed by atoms with van der Waals surface area (Å²) in [6.07, 6.45) is 0. The van der Waals surface area contributed by atoms with Crippen LogP contribution in [0.2, 0.25) is 0 Å². The van der Waals surface area contributed by atoms with Crippen LogP contribution in [0.15, 0.2) is 0 Å². The molecule has 16 heavy (non-hydrogen) atoms. The van der Waals surface area contributed by atoms with E-state index < -0.39 is 18.3 Å². The van der Waals surface area contributed by atoms with Crippen molar-refractivity contribution in [2.24, 2.45) is 0 Å². The quantitative estimate of drug-likeness (QED) is 0.129. The molecule has 0 aromatic heterocycles. The van der Waals surface area contributed by atoms with Gasteiger partial charge in [-0.25, -0.2) is 0 Å². The summed E-state index contributed by atoms with van der Waals surface area (Å²) in [5.41, 5.74) is 0. The van der Waals surface area contributed by atoms with Crippen molar-refractivity contribution < 1.29 is 148 Å².